The molecule has 1 saturated heterocycles. The van der Waals surface area contributed by atoms with Crippen molar-refractivity contribution in [3.8, 4) is 0 Å². The topological polar surface area (TPSA) is 89.4 Å². The summed E-state index contributed by atoms with van der Waals surface area (Å²) in [5.41, 5.74) is 11.7. The van der Waals surface area contributed by atoms with E-state index >= 15 is 0 Å². The summed E-state index contributed by atoms with van der Waals surface area (Å²) >= 11 is 4.89. The number of thioether (sulfide) groups is 1. The molecular formula is C14H18BrN3O2S. The SMILES string of the molecule is NC(=O)C1CCCN(C(=O)CSc2ccc(N)cc2Br)C1. The van der Waals surface area contributed by atoms with Crippen molar-refractivity contribution >= 4 is 45.2 Å². The van der Waals surface area contributed by atoms with Crippen LogP contribution in [0.15, 0.2) is 27.6 Å². The fraction of sp³-hybridized carbons (Fsp3) is 0.429. The van der Waals surface area contributed by atoms with Gasteiger partial charge in [0.1, 0.15) is 0 Å². The molecule has 0 saturated carbocycles. The van der Waals surface area contributed by atoms with Crippen molar-refractivity contribution in [3.05, 3.63) is 22.7 Å². The van der Waals surface area contributed by atoms with Crippen molar-refractivity contribution < 1.29 is 9.59 Å². The molecule has 1 fully saturated rings. The second kappa shape index (κ2) is 7.17. The molecule has 0 aliphatic carbocycles. The fourth-order valence-corrected chi connectivity index (χ4v) is 3.86. The Hall–Kier alpha value is -1.21. The van der Waals surface area contributed by atoms with E-state index in [1.165, 1.54) is 11.8 Å². The second-order valence-electron chi connectivity index (χ2n) is 5.06. The minimum Gasteiger partial charge on any atom is -0.399 e. The van der Waals surface area contributed by atoms with Gasteiger partial charge in [-0.1, -0.05) is 0 Å². The lowest BCUT2D eigenvalue weighted by Crippen LogP contribution is -2.44. The summed E-state index contributed by atoms with van der Waals surface area (Å²) in [4.78, 5) is 26.2. The number of carbonyl (C=O) groups is 2. The Morgan fingerprint density at radius 1 is 1.43 bits per heavy atom. The minimum absolute atomic E-state index is 0.0367. The molecule has 5 nitrogen and oxygen atoms in total. The van der Waals surface area contributed by atoms with Crippen LogP contribution in [-0.2, 0) is 9.59 Å². The molecule has 0 aromatic heterocycles. The summed E-state index contributed by atoms with van der Waals surface area (Å²) in [6.45, 7) is 1.14. The smallest absolute Gasteiger partial charge is 0.232 e. The number of anilines is 1. The molecule has 4 N–H and O–H groups in total. The first kappa shape index (κ1) is 16.2. The Labute approximate surface area is 136 Å². The molecule has 1 aromatic rings. The molecule has 7 heteroatoms. The maximum atomic E-state index is 12.2. The standard InChI is InChI=1S/C14H18BrN3O2S/c15-11-6-10(16)3-4-12(11)21-8-13(19)18-5-1-2-9(7-18)14(17)20/h3-4,6,9H,1-2,5,7-8,16H2,(H2,17,20). The Kier molecular flexibility index (Phi) is 5.52. The number of piperidine rings is 1. The van der Waals surface area contributed by atoms with Crippen LogP contribution in [0, 0.1) is 5.92 Å². The zero-order valence-electron chi connectivity index (χ0n) is 11.5. The van der Waals surface area contributed by atoms with E-state index in [0.29, 0.717) is 24.5 Å². The summed E-state index contributed by atoms with van der Waals surface area (Å²) in [7, 11) is 0. The minimum atomic E-state index is -0.318. The van der Waals surface area contributed by atoms with Crippen molar-refractivity contribution in [2.24, 2.45) is 11.7 Å². The van der Waals surface area contributed by atoms with Crippen molar-refractivity contribution in [1.29, 1.82) is 0 Å². The highest BCUT2D eigenvalue weighted by molar-refractivity contribution is 9.10. The molecule has 2 rings (SSSR count). The predicted molar refractivity (Wildman–Crippen MR) is 87.8 cm³/mol. The van der Waals surface area contributed by atoms with Gasteiger partial charge < -0.3 is 16.4 Å². The lowest BCUT2D eigenvalue weighted by atomic mass is 9.97. The van der Waals surface area contributed by atoms with Crippen molar-refractivity contribution in [2.45, 2.75) is 17.7 Å². The Bertz CT molecular complexity index is 553. The number of carbonyl (C=O) groups excluding carboxylic acids is 2. The number of nitrogens with zero attached hydrogens (tertiary/aromatic N) is 1. The number of primary amides is 1. The van der Waals surface area contributed by atoms with Crippen LogP contribution >= 0.6 is 27.7 Å². The first-order valence-electron chi connectivity index (χ1n) is 6.72. The summed E-state index contributed by atoms with van der Waals surface area (Å²) in [5.74, 6) is -0.152. The quantitative estimate of drug-likeness (QED) is 0.624. The molecule has 1 unspecified atom stereocenters. The monoisotopic (exact) mass is 371 g/mol. The normalized spacial score (nSPS) is 18.5. The third-order valence-electron chi connectivity index (χ3n) is 3.48. The van der Waals surface area contributed by atoms with Crippen LogP contribution in [0.1, 0.15) is 12.8 Å². The van der Waals surface area contributed by atoms with Crippen LogP contribution in [0.25, 0.3) is 0 Å². The van der Waals surface area contributed by atoms with Crippen molar-refractivity contribution in [1.82, 2.24) is 4.90 Å². The number of hydrogen-bond acceptors (Lipinski definition) is 4. The van der Waals surface area contributed by atoms with Gasteiger partial charge in [0.2, 0.25) is 11.8 Å². The van der Waals surface area contributed by atoms with Gasteiger partial charge in [-0.2, -0.15) is 0 Å². The molecule has 1 heterocycles. The van der Waals surface area contributed by atoms with Crippen LogP contribution in [0.5, 0.6) is 0 Å². The van der Waals surface area contributed by atoms with Crippen LogP contribution in [0.2, 0.25) is 0 Å². The van der Waals surface area contributed by atoms with E-state index < -0.39 is 0 Å². The van der Waals surface area contributed by atoms with E-state index in [2.05, 4.69) is 15.9 Å². The summed E-state index contributed by atoms with van der Waals surface area (Å²) in [6, 6.07) is 5.51. The number of benzene rings is 1. The van der Waals surface area contributed by atoms with Gasteiger partial charge in [0.25, 0.3) is 0 Å². The number of nitrogen functional groups attached to an aromatic ring is 1. The van der Waals surface area contributed by atoms with Gasteiger partial charge in [0.15, 0.2) is 0 Å². The molecule has 1 aromatic carbocycles. The van der Waals surface area contributed by atoms with Gasteiger partial charge in [-0.15, -0.1) is 11.8 Å². The molecule has 21 heavy (non-hydrogen) atoms. The van der Waals surface area contributed by atoms with Gasteiger partial charge in [0, 0.05) is 28.1 Å². The van der Waals surface area contributed by atoms with E-state index in [0.717, 1.165) is 22.2 Å². The highest BCUT2D eigenvalue weighted by atomic mass is 79.9. The third-order valence-corrected chi connectivity index (χ3v) is 5.46. The highest BCUT2D eigenvalue weighted by Gasteiger charge is 2.26. The van der Waals surface area contributed by atoms with Gasteiger partial charge in [-0.05, 0) is 47.0 Å². The fourth-order valence-electron chi connectivity index (χ4n) is 2.30. The number of nitrogens with two attached hydrogens (primary N) is 2. The largest absolute Gasteiger partial charge is 0.399 e. The average Bonchev–Trinajstić information content (AvgIpc) is 2.46. The third kappa shape index (κ3) is 4.38. The van der Waals surface area contributed by atoms with Crippen molar-refractivity contribution in [2.75, 3.05) is 24.6 Å². The highest BCUT2D eigenvalue weighted by Crippen LogP contribution is 2.29. The molecule has 1 aliphatic rings. The number of amides is 2. The average molecular weight is 372 g/mol. The van der Waals surface area contributed by atoms with Gasteiger partial charge in [-0.3, -0.25) is 9.59 Å². The molecule has 0 bridgehead atoms. The molecule has 1 atom stereocenters. The van der Waals surface area contributed by atoms with Crippen LogP contribution in [-0.4, -0.2) is 35.6 Å². The molecule has 0 radical (unpaired) electrons. The molecule has 2 amide bonds. The van der Waals surface area contributed by atoms with Gasteiger partial charge >= 0.3 is 0 Å². The van der Waals surface area contributed by atoms with E-state index in [9.17, 15) is 9.59 Å². The zero-order chi connectivity index (χ0) is 15.4. The first-order chi connectivity index (χ1) is 9.97. The zero-order valence-corrected chi connectivity index (χ0v) is 14.0. The van der Waals surface area contributed by atoms with E-state index in [1.807, 2.05) is 18.2 Å². The number of likely N-dealkylation sites (tertiary alicyclic amines) is 1. The van der Waals surface area contributed by atoms with Gasteiger partial charge in [0.05, 0.1) is 11.7 Å². The van der Waals surface area contributed by atoms with E-state index in [1.54, 1.807) is 4.90 Å². The van der Waals surface area contributed by atoms with E-state index in [4.69, 9.17) is 11.5 Å². The summed E-state index contributed by atoms with van der Waals surface area (Å²) < 4.78 is 0.883. The maximum absolute atomic E-state index is 12.2. The number of halogens is 1. The molecular weight excluding hydrogens is 354 g/mol. The summed E-state index contributed by atoms with van der Waals surface area (Å²) in [6.07, 6.45) is 1.60. The summed E-state index contributed by atoms with van der Waals surface area (Å²) in [5, 5.41) is 0. The molecule has 114 valence electrons. The van der Waals surface area contributed by atoms with Crippen LogP contribution < -0.4 is 11.5 Å². The lowest BCUT2D eigenvalue weighted by Gasteiger charge is -2.31. The molecule has 0 spiro atoms. The van der Waals surface area contributed by atoms with Gasteiger partial charge in [-0.25, -0.2) is 0 Å². The lowest BCUT2D eigenvalue weighted by molar-refractivity contribution is -0.132. The maximum Gasteiger partial charge on any atom is 0.232 e. The second-order valence-corrected chi connectivity index (χ2v) is 6.93. The Morgan fingerprint density at radius 3 is 2.86 bits per heavy atom. The Balaban J connectivity index is 1.90. The number of hydrogen-bond donors (Lipinski definition) is 2. The van der Waals surface area contributed by atoms with Crippen LogP contribution in [0.3, 0.4) is 0 Å². The predicted octanol–water partition coefficient (Wildman–Crippen LogP) is 1.85. The van der Waals surface area contributed by atoms with E-state index in [-0.39, 0.29) is 17.7 Å². The first-order valence-corrected chi connectivity index (χ1v) is 8.50. The Morgan fingerprint density at radius 2 is 2.19 bits per heavy atom. The molecule has 1 aliphatic heterocycles. The van der Waals surface area contributed by atoms with Crippen LogP contribution in [0.4, 0.5) is 5.69 Å². The number of rotatable bonds is 4. The van der Waals surface area contributed by atoms with Crippen molar-refractivity contribution in [3.63, 3.8) is 0 Å².